The van der Waals surface area contributed by atoms with Gasteiger partial charge in [0.2, 0.25) is 5.91 Å². The minimum Gasteiger partial charge on any atom is -0.381 e. The molecule has 2 aliphatic rings. The first-order valence-corrected chi connectivity index (χ1v) is 9.13. The van der Waals surface area contributed by atoms with Crippen LogP contribution in [0.15, 0.2) is 42.5 Å². The Labute approximate surface area is 149 Å². The number of nitrogens with one attached hydrogen (secondary N) is 1. The van der Waals surface area contributed by atoms with E-state index < -0.39 is 0 Å². The van der Waals surface area contributed by atoms with Crippen molar-refractivity contribution in [3.05, 3.63) is 48.0 Å². The topological polar surface area (TPSA) is 58.6 Å². The normalized spacial score (nSPS) is 19.9. The average Bonchev–Trinajstić information content (AvgIpc) is 2.68. The van der Waals surface area contributed by atoms with Gasteiger partial charge in [-0.05, 0) is 49.8 Å². The van der Waals surface area contributed by atoms with Gasteiger partial charge in [-0.15, -0.1) is 0 Å². The van der Waals surface area contributed by atoms with Crippen molar-refractivity contribution < 1.29 is 14.3 Å². The predicted molar refractivity (Wildman–Crippen MR) is 96.2 cm³/mol. The second-order valence-electron chi connectivity index (χ2n) is 6.75. The first-order valence-electron chi connectivity index (χ1n) is 9.13. The van der Waals surface area contributed by atoms with Crippen LogP contribution in [0, 0.1) is 5.92 Å². The summed E-state index contributed by atoms with van der Waals surface area (Å²) in [5, 5.41) is 3.07. The molecule has 0 aliphatic carbocycles. The molecule has 2 heterocycles. The monoisotopic (exact) mass is 342 g/mol. The van der Waals surface area contributed by atoms with Crippen molar-refractivity contribution in [2.75, 3.05) is 26.3 Å². The Morgan fingerprint density at radius 1 is 1.04 bits per heavy atom. The quantitative estimate of drug-likeness (QED) is 0.855. The summed E-state index contributed by atoms with van der Waals surface area (Å²) in [5.74, 6) is 0.504. The van der Waals surface area contributed by atoms with Crippen LogP contribution < -0.4 is 5.32 Å². The minimum atomic E-state index is -0.0372. The van der Waals surface area contributed by atoms with Gasteiger partial charge < -0.3 is 15.0 Å². The summed E-state index contributed by atoms with van der Waals surface area (Å²) in [6, 6.07) is 9.39. The number of nitrogens with zero attached hydrogens (tertiary/aromatic N) is 1. The first kappa shape index (κ1) is 17.7. The van der Waals surface area contributed by atoms with Crippen LogP contribution in [-0.2, 0) is 9.53 Å². The van der Waals surface area contributed by atoms with Crippen LogP contribution in [0.4, 0.5) is 0 Å². The van der Waals surface area contributed by atoms with E-state index in [-0.39, 0.29) is 17.9 Å². The fourth-order valence-corrected chi connectivity index (χ4v) is 3.33. The Balaban J connectivity index is 1.42. The third kappa shape index (κ3) is 5.16. The molecule has 5 nitrogen and oxygen atoms in total. The molecule has 0 aromatic heterocycles. The van der Waals surface area contributed by atoms with Crippen LogP contribution >= 0.6 is 0 Å². The van der Waals surface area contributed by atoms with Crippen LogP contribution in [0.5, 0.6) is 0 Å². The third-order valence-electron chi connectivity index (χ3n) is 4.95. The van der Waals surface area contributed by atoms with Gasteiger partial charge in [0.15, 0.2) is 0 Å². The molecule has 0 spiro atoms. The van der Waals surface area contributed by atoms with Crippen molar-refractivity contribution in [3.63, 3.8) is 0 Å². The maximum absolute atomic E-state index is 12.3. The van der Waals surface area contributed by atoms with Crippen LogP contribution in [-0.4, -0.2) is 49.1 Å². The molecule has 2 saturated heterocycles. The molecular weight excluding hydrogens is 316 g/mol. The maximum Gasteiger partial charge on any atom is 0.251 e. The van der Waals surface area contributed by atoms with Crippen molar-refractivity contribution in [2.45, 2.75) is 31.7 Å². The molecule has 1 aromatic rings. The number of carbonyl (C=O) groups is 2. The lowest BCUT2D eigenvalue weighted by molar-refractivity contribution is -0.127. The largest absolute Gasteiger partial charge is 0.381 e. The Kier molecular flexibility index (Phi) is 6.23. The fourth-order valence-electron chi connectivity index (χ4n) is 3.33. The second-order valence-corrected chi connectivity index (χ2v) is 6.75. The Morgan fingerprint density at radius 2 is 1.72 bits per heavy atom. The van der Waals surface area contributed by atoms with E-state index in [1.54, 1.807) is 6.08 Å². The van der Waals surface area contributed by atoms with Crippen LogP contribution in [0.1, 0.15) is 36.0 Å². The summed E-state index contributed by atoms with van der Waals surface area (Å²) in [6.45, 7) is 2.96. The summed E-state index contributed by atoms with van der Waals surface area (Å²) in [4.78, 5) is 26.4. The molecule has 0 unspecified atom stereocenters. The van der Waals surface area contributed by atoms with Crippen molar-refractivity contribution >= 4 is 11.8 Å². The van der Waals surface area contributed by atoms with Gasteiger partial charge in [0.05, 0.1) is 0 Å². The number of ether oxygens (including phenoxy) is 1. The summed E-state index contributed by atoms with van der Waals surface area (Å²) in [5.41, 5.74) is 0.681. The Morgan fingerprint density at radius 3 is 2.40 bits per heavy atom. The van der Waals surface area contributed by atoms with E-state index in [0.717, 1.165) is 38.9 Å². The number of likely N-dealkylation sites (tertiary alicyclic amines) is 1. The van der Waals surface area contributed by atoms with E-state index in [1.165, 1.54) is 0 Å². The van der Waals surface area contributed by atoms with Gasteiger partial charge in [-0.1, -0.05) is 24.3 Å². The highest BCUT2D eigenvalue weighted by Gasteiger charge is 2.23. The molecule has 3 rings (SSSR count). The van der Waals surface area contributed by atoms with Crippen molar-refractivity contribution in [2.24, 2.45) is 5.92 Å². The van der Waals surface area contributed by atoms with Crippen molar-refractivity contribution in [1.29, 1.82) is 0 Å². The maximum atomic E-state index is 12.3. The summed E-state index contributed by atoms with van der Waals surface area (Å²) in [6.07, 6.45) is 7.35. The summed E-state index contributed by atoms with van der Waals surface area (Å²) in [7, 11) is 0. The van der Waals surface area contributed by atoms with E-state index in [1.807, 2.05) is 41.3 Å². The first-order chi connectivity index (χ1) is 12.2. The van der Waals surface area contributed by atoms with E-state index in [0.29, 0.717) is 24.6 Å². The van der Waals surface area contributed by atoms with Gasteiger partial charge >= 0.3 is 0 Å². The molecule has 1 aromatic carbocycles. The smallest absolute Gasteiger partial charge is 0.251 e. The zero-order valence-electron chi connectivity index (χ0n) is 14.5. The second kappa shape index (κ2) is 8.81. The molecule has 25 heavy (non-hydrogen) atoms. The summed E-state index contributed by atoms with van der Waals surface area (Å²) >= 11 is 0. The molecule has 5 heteroatoms. The molecule has 0 atom stereocenters. The number of benzene rings is 1. The SMILES string of the molecule is O=C(NC1CCN(C(=O)C=CC2CCOCC2)CC1)c1ccccc1. The highest BCUT2D eigenvalue weighted by atomic mass is 16.5. The van der Waals surface area contributed by atoms with Gasteiger partial charge in [0.1, 0.15) is 0 Å². The lowest BCUT2D eigenvalue weighted by atomic mass is 9.99. The third-order valence-corrected chi connectivity index (χ3v) is 4.95. The molecule has 0 bridgehead atoms. The molecular formula is C20H26N2O3. The minimum absolute atomic E-state index is 0.0372. The summed E-state index contributed by atoms with van der Waals surface area (Å²) < 4.78 is 5.33. The van der Waals surface area contributed by atoms with Crippen molar-refractivity contribution in [3.8, 4) is 0 Å². The number of amides is 2. The number of rotatable bonds is 4. The average molecular weight is 342 g/mol. The zero-order chi connectivity index (χ0) is 17.5. The molecule has 1 N–H and O–H groups in total. The molecule has 2 fully saturated rings. The molecule has 0 radical (unpaired) electrons. The van der Waals surface area contributed by atoms with E-state index in [9.17, 15) is 9.59 Å². The molecule has 2 amide bonds. The molecule has 0 saturated carbocycles. The standard InChI is InChI=1S/C20H26N2O3/c23-19(7-6-16-10-14-25-15-11-16)22-12-8-18(9-13-22)21-20(24)17-4-2-1-3-5-17/h1-7,16,18H,8-15H2,(H,21,24). The van der Waals surface area contributed by atoms with Gasteiger partial charge in [-0.3, -0.25) is 9.59 Å². The van der Waals surface area contributed by atoms with Crippen LogP contribution in [0.2, 0.25) is 0 Å². The Bertz CT molecular complexity index is 601. The highest BCUT2D eigenvalue weighted by molar-refractivity contribution is 5.94. The van der Waals surface area contributed by atoms with Gasteiger partial charge in [0.25, 0.3) is 5.91 Å². The van der Waals surface area contributed by atoms with Gasteiger partial charge in [-0.25, -0.2) is 0 Å². The van der Waals surface area contributed by atoms with E-state index >= 15 is 0 Å². The van der Waals surface area contributed by atoms with Crippen molar-refractivity contribution in [1.82, 2.24) is 10.2 Å². The number of hydrogen-bond donors (Lipinski definition) is 1. The van der Waals surface area contributed by atoms with E-state index in [4.69, 9.17) is 4.74 Å². The molecule has 134 valence electrons. The lowest BCUT2D eigenvalue weighted by Crippen LogP contribution is -2.46. The number of piperidine rings is 1. The lowest BCUT2D eigenvalue weighted by Gasteiger charge is -2.32. The fraction of sp³-hybridized carbons (Fsp3) is 0.500. The van der Waals surface area contributed by atoms with Gasteiger partial charge in [0, 0.05) is 37.9 Å². The number of allylic oxidation sites excluding steroid dienone is 1. The number of carbonyl (C=O) groups excluding carboxylic acids is 2. The Hall–Kier alpha value is -2.14. The zero-order valence-corrected chi connectivity index (χ0v) is 14.5. The predicted octanol–water partition coefficient (Wildman–Crippen LogP) is 2.39. The highest BCUT2D eigenvalue weighted by Crippen LogP contribution is 2.17. The van der Waals surface area contributed by atoms with Crippen LogP contribution in [0.25, 0.3) is 0 Å². The molecule has 2 aliphatic heterocycles. The van der Waals surface area contributed by atoms with E-state index in [2.05, 4.69) is 5.32 Å². The number of hydrogen-bond acceptors (Lipinski definition) is 3. The van der Waals surface area contributed by atoms with Crippen LogP contribution in [0.3, 0.4) is 0 Å². The van der Waals surface area contributed by atoms with Gasteiger partial charge in [-0.2, -0.15) is 0 Å².